The Morgan fingerprint density at radius 3 is 1.08 bits per heavy atom. The lowest BCUT2D eigenvalue weighted by Crippen LogP contribution is -2.09. The van der Waals surface area contributed by atoms with Gasteiger partial charge in [0.2, 0.25) is 0 Å². The predicted octanol–water partition coefficient (Wildman–Crippen LogP) is 13.3. The molecule has 8 rings (SSSR count). The Labute approximate surface area is 294 Å². The number of nitrogens with zero attached hydrogens (tertiary/aromatic N) is 2. The highest BCUT2D eigenvalue weighted by molar-refractivity contribution is 5.98. The first-order valence-electron chi connectivity index (χ1n) is 17.0. The molecule has 0 aliphatic carbocycles. The number of fused-ring (bicyclic) bond motifs is 2. The summed E-state index contributed by atoms with van der Waals surface area (Å²) >= 11 is 0. The van der Waals surface area contributed by atoms with Gasteiger partial charge in [-0.3, -0.25) is 0 Å². The lowest BCUT2D eigenvalue weighted by Gasteiger charge is -2.24. The molecule has 0 radical (unpaired) electrons. The molecule has 0 spiro atoms. The standard InChI is InChI=1S/C48H36N2/c1-3-13-37(14-4-1)33-35-49(47-23-11-19-41-17-7-9-21-45(41)47)43-29-25-39(26-30-43)40-27-31-44(32-28-40)50(36-34-38-15-5-2-6-16-38)48-24-12-20-42-18-8-10-22-46(42)48/h1-36H. The van der Waals surface area contributed by atoms with Gasteiger partial charge in [0.25, 0.3) is 0 Å². The molecule has 0 atom stereocenters. The summed E-state index contributed by atoms with van der Waals surface area (Å²) in [6, 6.07) is 68.8. The maximum Gasteiger partial charge on any atom is 0.0533 e. The van der Waals surface area contributed by atoms with Gasteiger partial charge in [-0.25, -0.2) is 0 Å². The van der Waals surface area contributed by atoms with Crippen molar-refractivity contribution in [1.29, 1.82) is 0 Å². The highest BCUT2D eigenvalue weighted by Gasteiger charge is 2.13. The summed E-state index contributed by atoms with van der Waals surface area (Å²) in [6.07, 6.45) is 8.68. The van der Waals surface area contributed by atoms with Gasteiger partial charge in [-0.2, -0.15) is 0 Å². The molecule has 0 saturated carbocycles. The average Bonchev–Trinajstić information content (AvgIpc) is 3.19. The maximum atomic E-state index is 2.28. The Morgan fingerprint density at radius 2 is 0.660 bits per heavy atom. The highest BCUT2D eigenvalue weighted by atomic mass is 15.1. The van der Waals surface area contributed by atoms with E-state index in [4.69, 9.17) is 0 Å². The third kappa shape index (κ3) is 6.56. The summed E-state index contributed by atoms with van der Waals surface area (Å²) in [7, 11) is 0. The van der Waals surface area contributed by atoms with E-state index in [0.29, 0.717) is 0 Å². The fourth-order valence-corrected chi connectivity index (χ4v) is 6.53. The van der Waals surface area contributed by atoms with Crippen LogP contribution in [-0.2, 0) is 0 Å². The molecule has 0 aliphatic rings. The first kappa shape index (κ1) is 30.7. The molecule has 0 aromatic heterocycles. The van der Waals surface area contributed by atoms with Crippen LogP contribution in [-0.4, -0.2) is 0 Å². The van der Waals surface area contributed by atoms with Crippen LogP contribution < -0.4 is 9.80 Å². The van der Waals surface area contributed by atoms with Gasteiger partial charge in [0.1, 0.15) is 0 Å². The van der Waals surface area contributed by atoms with E-state index in [2.05, 4.69) is 216 Å². The van der Waals surface area contributed by atoms with Gasteiger partial charge in [0.15, 0.2) is 0 Å². The van der Waals surface area contributed by atoms with E-state index in [1.54, 1.807) is 0 Å². The zero-order valence-corrected chi connectivity index (χ0v) is 27.7. The molecule has 8 aromatic carbocycles. The van der Waals surface area contributed by atoms with Crippen LogP contribution in [0.25, 0.3) is 44.8 Å². The molecule has 238 valence electrons. The molecule has 0 bridgehead atoms. The molecule has 0 aliphatic heterocycles. The summed E-state index contributed by atoms with van der Waals surface area (Å²) in [5.41, 5.74) is 9.14. The SMILES string of the molecule is C(=CN(c1ccc(-c2ccc(N(C=Cc3ccccc3)c3cccc4ccccc34)cc2)cc1)c1cccc2ccccc12)c1ccccc1. The largest absolute Gasteiger partial charge is 0.317 e. The quantitative estimate of drug-likeness (QED) is 0.155. The molecule has 0 fully saturated rings. The molecule has 8 aromatic rings. The van der Waals surface area contributed by atoms with Crippen molar-refractivity contribution in [3.8, 4) is 11.1 Å². The third-order valence-corrected chi connectivity index (χ3v) is 9.11. The van der Waals surface area contributed by atoms with Gasteiger partial charge in [-0.1, -0.05) is 158 Å². The number of hydrogen-bond donors (Lipinski definition) is 0. The van der Waals surface area contributed by atoms with Gasteiger partial charge < -0.3 is 9.80 Å². The molecular weight excluding hydrogens is 605 g/mol. The minimum Gasteiger partial charge on any atom is -0.317 e. The lowest BCUT2D eigenvalue weighted by molar-refractivity contribution is 1.30. The van der Waals surface area contributed by atoms with E-state index in [1.165, 1.54) is 32.7 Å². The van der Waals surface area contributed by atoms with Crippen molar-refractivity contribution in [3.63, 3.8) is 0 Å². The number of rotatable bonds is 9. The summed E-state index contributed by atoms with van der Waals surface area (Å²) < 4.78 is 0. The van der Waals surface area contributed by atoms with Crippen LogP contribution in [0.1, 0.15) is 11.1 Å². The normalized spacial score (nSPS) is 11.4. The van der Waals surface area contributed by atoms with E-state index in [-0.39, 0.29) is 0 Å². The molecular formula is C48H36N2. The van der Waals surface area contributed by atoms with E-state index < -0.39 is 0 Å². The molecule has 0 saturated heterocycles. The highest BCUT2D eigenvalue weighted by Crippen LogP contribution is 2.36. The number of benzene rings is 8. The van der Waals surface area contributed by atoms with Gasteiger partial charge in [-0.15, -0.1) is 0 Å². The average molecular weight is 641 g/mol. The van der Waals surface area contributed by atoms with Crippen molar-refractivity contribution in [2.45, 2.75) is 0 Å². The van der Waals surface area contributed by atoms with Crippen molar-refractivity contribution in [2.24, 2.45) is 0 Å². The molecule has 2 nitrogen and oxygen atoms in total. The molecule has 0 unspecified atom stereocenters. The molecule has 0 N–H and O–H groups in total. The molecule has 2 heteroatoms. The minimum absolute atomic E-state index is 1.10. The van der Waals surface area contributed by atoms with Crippen LogP contribution in [0.4, 0.5) is 22.7 Å². The second-order valence-electron chi connectivity index (χ2n) is 12.3. The van der Waals surface area contributed by atoms with E-state index in [9.17, 15) is 0 Å². The zero-order chi connectivity index (χ0) is 33.5. The smallest absolute Gasteiger partial charge is 0.0533 e. The monoisotopic (exact) mass is 640 g/mol. The summed E-state index contributed by atoms with van der Waals surface area (Å²) in [5, 5.41) is 4.86. The summed E-state index contributed by atoms with van der Waals surface area (Å²) in [5.74, 6) is 0. The van der Waals surface area contributed by atoms with Crippen LogP contribution in [0.5, 0.6) is 0 Å². The van der Waals surface area contributed by atoms with Crippen LogP contribution >= 0.6 is 0 Å². The molecule has 0 amide bonds. The van der Waals surface area contributed by atoms with Crippen molar-refractivity contribution < 1.29 is 0 Å². The Hall–Kier alpha value is -6.64. The Kier molecular flexibility index (Phi) is 8.73. The van der Waals surface area contributed by atoms with Crippen LogP contribution in [0.3, 0.4) is 0 Å². The Bertz CT molecular complexity index is 2220. The van der Waals surface area contributed by atoms with Gasteiger partial charge >= 0.3 is 0 Å². The van der Waals surface area contributed by atoms with E-state index in [1.807, 2.05) is 12.1 Å². The predicted molar refractivity (Wildman–Crippen MR) is 215 cm³/mol. The fourth-order valence-electron chi connectivity index (χ4n) is 6.53. The second kappa shape index (κ2) is 14.2. The first-order chi connectivity index (χ1) is 24.8. The van der Waals surface area contributed by atoms with Gasteiger partial charge in [0.05, 0.1) is 11.4 Å². The second-order valence-corrected chi connectivity index (χ2v) is 12.3. The number of anilines is 4. The fraction of sp³-hybridized carbons (Fsp3) is 0. The zero-order valence-electron chi connectivity index (χ0n) is 27.7. The van der Waals surface area contributed by atoms with Crippen LogP contribution in [0.15, 0.2) is 207 Å². The summed E-state index contributed by atoms with van der Waals surface area (Å²) in [6.45, 7) is 0. The summed E-state index contributed by atoms with van der Waals surface area (Å²) in [4.78, 5) is 4.56. The molecule has 0 heterocycles. The van der Waals surface area contributed by atoms with Crippen molar-refractivity contribution in [3.05, 3.63) is 218 Å². The van der Waals surface area contributed by atoms with Crippen molar-refractivity contribution in [1.82, 2.24) is 0 Å². The number of hydrogen-bond acceptors (Lipinski definition) is 2. The van der Waals surface area contributed by atoms with Crippen LogP contribution in [0.2, 0.25) is 0 Å². The Morgan fingerprint density at radius 1 is 0.300 bits per heavy atom. The maximum absolute atomic E-state index is 2.28. The van der Waals surface area contributed by atoms with Gasteiger partial charge in [-0.05, 0) is 81.6 Å². The van der Waals surface area contributed by atoms with Crippen molar-refractivity contribution in [2.75, 3.05) is 9.80 Å². The Balaban J connectivity index is 1.13. The first-order valence-corrected chi connectivity index (χ1v) is 17.0. The molecule has 50 heavy (non-hydrogen) atoms. The van der Waals surface area contributed by atoms with Gasteiger partial charge in [0, 0.05) is 34.5 Å². The third-order valence-electron chi connectivity index (χ3n) is 9.11. The van der Waals surface area contributed by atoms with E-state index >= 15 is 0 Å². The van der Waals surface area contributed by atoms with Crippen molar-refractivity contribution >= 4 is 56.4 Å². The topological polar surface area (TPSA) is 6.48 Å². The van der Waals surface area contributed by atoms with Crippen LogP contribution in [0, 0.1) is 0 Å². The lowest BCUT2D eigenvalue weighted by atomic mass is 10.0. The van der Waals surface area contributed by atoms with E-state index in [0.717, 1.165) is 33.9 Å². The minimum atomic E-state index is 1.10.